The van der Waals surface area contributed by atoms with Gasteiger partial charge in [0, 0.05) is 4.83 Å². The molecule has 1 nitrogen and oxygen atoms in total. The number of aliphatic hydroxyl groups is 1. The van der Waals surface area contributed by atoms with Crippen LogP contribution in [-0.2, 0) is 0 Å². The summed E-state index contributed by atoms with van der Waals surface area (Å²) in [7, 11) is 0. The van der Waals surface area contributed by atoms with Gasteiger partial charge >= 0.3 is 0 Å². The van der Waals surface area contributed by atoms with E-state index in [4.69, 9.17) is 0 Å². The maximum absolute atomic E-state index is 9.90. The first kappa shape index (κ1) is 10.5. The molecule has 0 aliphatic heterocycles. The van der Waals surface area contributed by atoms with Crippen LogP contribution in [0.5, 0.6) is 0 Å². The van der Waals surface area contributed by atoms with E-state index >= 15 is 0 Å². The SMILES string of the molecule is CC(C)C1CC[C@@](C)(O)[C@H](Br)C1. The number of alkyl halides is 1. The first-order valence-corrected chi connectivity index (χ1v) is 5.71. The fourth-order valence-electron chi connectivity index (χ4n) is 1.88. The molecule has 12 heavy (non-hydrogen) atoms. The summed E-state index contributed by atoms with van der Waals surface area (Å²) in [6.45, 7) is 6.47. The third-order valence-electron chi connectivity index (χ3n) is 3.15. The molecule has 0 heterocycles. The van der Waals surface area contributed by atoms with E-state index in [-0.39, 0.29) is 4.83 Å². The smallest absolute Gasteiger partial charge is 0.0744 e. The van der Waals surface area contributed by atoms with Crippen LogP contribution in [0.3, 0.4) is 0 Å². The minimum atomic E-state index is -0.481. The molecule has 1 fully saturated rings. The van der Waals surface area contributed by atoms with Gasteiger partial charge in [-0.1, -0.05) is 29.8 Å². The standard InChI is InChI=1S/C10H19BrO/c1-7(2)8-4-5-10(3,12)9(11)6-8/h7-9,12H,4-6H2,1-3H3/t8?,9-,10-/m1/s1. The van der Waals surface area contributed by atoms with Gasteiger partial charge in [0.15, 0.2) is 0 Å². The second kappa shape index (κ2) is 3.67. The lowest BCUT2D eigenvalue weighted by Gasteiger charge is -2.39. The Balaban J connectivity index is 2.52. The highest BCUT2D eigenvalue weighted by Gasteiger charge is 2.37. The average Bonchev–Trinajstić information content (AvgIpc) is 1.94. The Hall–Kier alpha value is 0.440. The molecule has 0 aromatic rings. The molecule has 0 saturated heterocycles. The lowest BCUT2D eigenvalue weighted by Crippen LogP contribution is -2.41. The van der Waals surface area contributed by atoms with Gasteiger partial charge in [0.2, 0.25) is 0 Å². The number of halogens is 1. The Kier molecular flexibility index (Phi) is 3.21. The second-order valence-electron chi connectivity index (χ2n) is 4.60. The summed E-state index contributed by atoms with van der Waals surface area (Å²) in [5, 5.41) is 9.90. The maximum Gasteiger partial charge on any atom is 0.0744 e. The molecule has 0 spiro atoms. The van der Waals surface area contributed by atoms with Crippen molar-refractivity contribution in [2.24, 2.45) is 11.8 Å². The van der Waals surface area contributed by atoms with Crippen molar-refractivity contribution in [2.45, 2.75) is 50.5 Å². The first-order chi connectivity index (χ1) is 5.43. The number of rotatable bonds is 1. The molecule has 2 heteroatoms. The van der Waals surface area contributed by atoms with E-state index in [0.29, 0.717) is 0 Å². The normalized spacial score (nSPS) is 43.5. The zero-order valence-corrected chi connectivity index (χ0v) is 9.76. The highest BCUT2D eigenvalue weighted by atomic mass is 79.9. The minimum absolute atomic E-state index is 0.283. The molecule has 0 amide bonds. The summed E-state index contributed by atoms with van der Waals surface area (Å²) in [4.78, 5) is 0.283. The zero-order chi connectivity index (χ0) is 9.35. The average molecular weight is 235 g/mol. The Bertz CT molecular complexity index is 154. The molecule has 1 rings (SSSR count). The third kappa shape index (κ3) is 2.23. The molecule has 1 saturated carbocycles. The summed E-state index contributed by atoms with van der Waals surface area (Å²) in [5.74, 6) is 1.54. The van der Waals surface area contributed by atoms with Crippen molar-refractivity contribution in [3.63, 3.8) is 0 Å². The van der Waals surface area contributed by atoms with Gasteiger partial charge in [0.1, 0.15) is 0 Å². The third-order valence-corrected chi connectivity index (χ3v) is 4.51. The minimum Gasteiger partial charge on any atom is -0.389 e. The molecule has 1 aliphatic rings. The maximum atomic E-state index is 9.90. The van der Waals surface area contributed by atoms with Gasteiger partial charge in [-0.25, -0.2) is 0 Å². The van der Waals surface area contributed by atoms with Crippen molar-refractivity contribution in [1.29, 1.82) is 0 Å². The largest absolute Gasteiger partial charge is 0.389 e. The molecule has 0 aromatic heterocycles. The Morgan fingerprint density at radius 2 is 2.08 bits per heavy atom. The monoisotopic (exact) mass is 234 g/mol. The van der Waals surface area contributed by atoms with Crippen LogP contribution in [0.4, 0.5) is 0 Å². The highest BCUT2D eigenvalue weighted by molar-refractivity contribution is 9.09. The van der Waals surface area contributed by atoms with E-state index in [2.05, 4.69) is 29.8 Å². The first-order valence-electron chi connectivity index (χ1n) is 4.80. The van der Waals surface area contributed by atoms with Crippen molar-refractivity contribution in [2.75, 3.05) is 0 Å². The van der Waals surface area contributed by atoms with E-state index in [0.717, 1.165) is 24.7 Å². The molecule has 72 valence electrons. The van der Waals surface area contributed by atoms with E-state index in [1.807, 2.05) is 6.92 Å². The molecule has 0 bridgehead atoms. The van der Waals surface area contributed by atoms with Crippen LogP contribution >= 0.6 is 15.9 Å². The summed E-state index contributed by atoms with van der Waals surface area (Å²) >= 11 is 3.57. The Labute approximate surface area is 83.7 Å². The van der Waals surface area contributed by atoms with E-state index in [1.165, 1.54) is 6.42 Å². The van der Waals surface area contributed by atoms with Crippen LogP contribution in [0, 0.1) is 11.8 Å². The van der Waals surface area contributed by atoms with Crippen LogP contribution in [0.2, 0.25) is 0 Å². The van der Waals surface area contributed by atoms with Crippen molar-refractivity contribution < 1.29 is 5.11 Å². The lowest BCUT2D eigenvalue weighted by atomic mass is 9.75. The number of hydrogen-bond donors (Lipinski definition) is 1. The number of hydrogen-bond acceptors (Lipinski definition) is 1. The van der Waals surface area contributed by atoms with Crippen LogP contribution < -0.4 is 0 Å². The van der Waals surface area contributed by atoms with Gasteiger partial charge in [-0.05, 0) is 38.0 Å². The summed E-state index contributed by atoms with van der Waals surface area (Å²) in [5.41, 5.74) is -0.481. The molecule has 0 radical (unpaired) electrons. The lowest BCUT2D eigenvalue weighted by molar-refractivity contribution is 0.0105. The van der Waals surface area contributed by atoms with Crippen molar-refractivity contribution >= 4 is 15.9 Å². The van der Waals surface area contributed by atoms with E-state index in [9.17, 15) is 5.11 Å². The predicted octanol–water partition coefficient (Wildman–Crippen LogP) is 2.96. The topological polar surface area (TPSA) is 20.2 Å². The van der Waals surface area contributed by atoms with Crippen LogP contribution in [0.25, 0.3) is 0 Å². The molecule has 1 unspecified atom stereocenters. The quantitative estimate of drug-likeness (QED) is 0.693. The van der Waals surface area contributed by atoms with Gasteiger partial charge in [0.25, 0.3) is 0 Å². The molecule has 3 atom stereocenters. The Morgan fingerprint density at radius 1 is 1.50 bits per heavy atom. The van der Waals surface area contributed by atoms with Gasteiger partial charge < -0.3 is 5.11 Å². The van der Waals surface area contributed by atoms with Crippen molar-refractivity contribution in [1.82, 2.24) is 0 Å². The van der Waals surface area contributed by atoms with Gasteiger partial charge in [0.05, 0.1) is 5.60 Å². The summed E-state index contributed by atoms with van der Waals surface area (Å²) in [6, 6.07) is 0. The van der Waals surface area contributed by atoms with Gasteiger partial charge in [-0.15, -0.1) is 0 Å². The zero-order valence-electron chi connectivity index (χ0n) is 8.18. The van der Waals surface area contributed by atoms with Crippen LogP contribution in [0.1, 0.15) is 40.0 Å². The summed E-state index contributed by atoms with van der Waals surface area (Å²) < 4.78 is 0. The molecular weight excluding hydrogens is 216 g/mol. The Morgan fingerprint density at radius 3 is 2.50 bits per heavy atom. The molecular formula is C10H19BrO. The van der Waals surface area contributed by atoms with Crippen molar-refractivity contribution in [3.05, 3.63) is 0 Å². The molecule has 0 aromatic carbocycles. The molecule has 1 N–H and O–H groups in total. The fraction of sp³-hybridized carbons (Fsp3) is 1.00. The molecule has 1 aliphatic carbocycles. The van der Waals surface area contributed by atoms with Crippen molar-refractivity contribution in [3.8, 4) is 0 Å². The van der Waals surface area contributed by atoms with Crippen LogP contribution in [-0.4, -0.2) is 15.5 Å². The van der Waals surface area contributed by atoms with Crippen LogP contribution in [0.15, 0.2) is 0 Å². The summed E-state index contributed by atoms with van der Waals surface area (Å²) in [6.07, 6.45) is 3.23. The van der Waals surface area contributed by atoms with Gasteiger partial charge in [-0.2, -0.15) is 0 Å². The second-order valence-corrected chi connectivity index (χ2v) is 5.71. The van der Waals surface area contributed by atoms with E-state index < -0.39 is 5.60 Å². The van der Waals surface area contributed by atoms with Gasteiger partial charge in [-0.3, -0.25) is 0 Å². The highest BCUT2D eigenvalue weighted by Crippen LogP contribution is 2.39. The van der Waals surface area contributed by atoms with E-state index in [1.54, 1.807) is 0 Å². The fourth-order valence-corrected chi connectivity index (χ4v) is 2.59. The predicted molar refractivity (Wildman–Crippen MR) is 55.5 cm³/mol.